The van der Waals surface area contributed by atoms with Crippen LogP contribution < -0.4 is 5.43 Å². The molecule has 0 saturated heterocycles. The zero-order valence-corrected chi connectivity index (χ0v) is 17.8. The summed E-state index contributed by atoms with van der Waals surface area (Å²) in [5.41, 5.74) is 5.45. The molecule has 29 heavy (non-hydrogen) atoms. The van der Waals surface area contributed by atoms with E-state index in [1.54, 1.807) is 0 Å². The Morgan fingerprint density at radius 1 is 1.10 bits per heavy atom. The quantitative estimate of drug-likeness (QED) is 0.660. The number of thioether (sulfide) groups is 1. The second-order valence-corrected chi connectivity index (χ2v) is 8.26. The number of aromatic nitrogens is 3. The zero-order chi connectivity index (χ0) is 20.4. The summed E-state index contributed by atoms with van der Waals surface area (Å²) in [5, 5.41) is 9.71. The molecule has 150 valence electrons. The normalized spacial score (nSPS) is 18.0. The summed E-state index contributed by atoms with van der Waals surface area (Å²) in [5.74, 6) is 0.809. The van der Waals surface area contributed by atoms with Crippen LogP contribution in [-0.2, 0) is 4.79 Å². The van der Waals surface area contributed by atoms with E-state index in [0.29, 0.717) is 23.3 Å². The number of nitrogens with zero attached hydrogens (tertiary/aromatic N) is 4. The molecular formula is C21H22ClN5OS. The number of carbonyl (C=O) groups is 1. The first kappa shape index (κ1) is 19.8. The Labute approximate surface area is 179 Å². The molecule has 0 radical (unpaired) electrons. The fourth-order valence-corrected chi connectivity index (χ4v) is 4.74. The first-order chi connectivity index (χ1) is 14.1. The number of rotatable bonds is 5. The second-order valence-electron chi connectivity index (χ2n) is 6.71. The Balaban J connectivity index is 1.76. The van der Waals surface area contributed by atoms with Crippen molar-refractivity contribution in [1.29, 1.82) is 0 Å². The van der Waals surface area contributed by atoms with Crippen molar-refractivity contribution in [3.05, 3.63) is 65.2 Å². The van der Waals surface area contributed by atoms with E-state index in [2.05, 4.69) is 15.6 Å². The third-order valence-corrected chi connectivity index (χ3v) is 6.47. The summed E-state index contributed by atoms with van der Waals surface area (Å²) >= 11 is 7.54. The summed E-state index contributed by atoms with van der Waals surface area (Å²) in [7, 11) is 0. The zero-order valence-electron chi connectivity index (χ0n) is 16.2. The van der Waals surface area contributed by atoms with Crippen LogP contribution in [0.4, 0.5) is 0 Å². The van der Waals surface area contributed by atoms with Gasteiger partial charge in [0.2, 0.25) is 11.1 Å². The second kappa shape index (κ2) is 8.47. The molecule has 2 aromatic carbocycles. The van der Waals surface area contributed by atoms with Crippen LogP contribution >= 0.6 is 23.4 Å². The number of carbonyl (C=O) groups excluding carboxylic acids is 1. The van der Waals surface area contributed by atoms with Crippen molar-refractivity contribution in [1.82, 2.24) is 19.8 Å². The number of hydrogen-bond acceptors (Lipinski definition) is 5. The van der Waals surface area contributed by atoms with Gasteiger partial charge in [-0.3, -0.25) is 4.79 Å². The third-order valence-electron chi connectivity index (χ3n) is 5.02. The Morgan fingerprint density at radius 3 is 2.45 bits per heavy atom. The first-order valence-electron chi connectivity index (χ1n) is 9.60. The average Bonchev–Trinajstić information content (AvgIpc) is 3.18. The molecule has 0 aliphatic carbocycles. The van der Waals surface area contributed by atoms with Gasteiger partial charge in [-0.15, -0.1) is 10.2 Å². The van der Waals surface area contributed by atoms with Gasteiger partial charge in [-0.1, -0.05) is 65.8 Å². The first-order valence-corrected chi connectivity index (χ1v) is 10.9. The van der Waals surface area contributed by atoms with Crippen LogP contribution in [0, 0.1) is 0 Å². The van der Waals surface area contributed by atoms with Crippen molar-refractivity contribution in [3.8, 4) is 11.4 Å². The van der Waals surface area contributed by atoms with E-state index in [4.69, 9.17) is 11.6 Å². The summed E-state index contributed by atoms with van der Waals surface area (Å²) in [4.78, 5) is 15.1. The van der Waals surface area contributed by atoms with E-state index in [-0.39, 0.29) is 17.2 Å². The number of benzene rings is 2. The Hall–Kier alpha value is -2.51. The van der Waals surface area contributed by atoms with Gasteiger partial charge in [-0.25, -0.2) is 4.68 Å². The van der Waals surface area contributed by atoms with Crippen molar-refractivity contribution in [3.63, 3.8) is 0 Å². The van der Waals surface area contributed by atoms with Crippen molar-refractivity contribution >= 4 is 29.3 Å². The molecule has 0 fully saturated rings. The van der Waals surface area contributed by atoms with Crippen molar-refractivity contribution < 1.29 is 4.79 Å². The molecule has 2 heterocycles. The molecule has 1 aromatic heterocycles. The number of hydrogen-bond donors (Lipinski definition) is 1. The number of amides is 1. The molecule has 0 spiro atoms. The molecule has 1 N–H and O–H groups in total. The topological polar surface area (TPSA) is 63.1 Å². The van der Waals surface area contributed by atoms with Gasteiger partial charge >= 0.3 is 0 Å². The van der Waals surface area contributed by atoms with Gasteiger partial charge in [-0.05, 0) is 31.5 Å². The summed E-state index contributed by atoms with van der Waals surface area (Å²) in [6, 6.07) is 17.3. The van der Waals surface area contributed by atoms with Crippen LogP contribution in [0.5, 0.6) is 0 Å². The minimum Gasteiger partial charge on any atom is -0.342 e. The average molecular weight is 428 g/mol. The maximum Gasteiger partial charge on any atom is 0.238 e. The molecule has 1 aliphatic rings. The fourth-order valence-electron chi connectivity index (χ4n) is 3.45. The van der Waals surface area contributed by atoms with Gasteiger partial charge < -0.3 is 10.3 Å². The molecule has 2 unspecified atom stereocenters. The monoisotopic (exact) mass is 427 g/mol. The number of halogens is 1. The summed E-state index contributed by atoms with van der Waals surface area (Å²) in [6.45, 7) is 5.33. The van der Waals surface area contributed by atoms with E-state index in [9.17, 15) is 4.79 Å². The summed E-state index contributed by atoms with van der Waals surface area (Å²) < 4.78 is 1.88. The van der Waals surface area contributed by atoms with Crippen molar-refractivity contribution in [2.45, 2.75) is 30.3 Å². The highest BCUT2D eigenvalue weighted by Crippen LogP contribution is 2.39. The summed E-state index contributed by atoms with van der Waals surface area (Å²) in [6.07, 6.45) is 0. The SMILES string of the molecule is CCN(CC)C(=O)C1Sc2nnc(-c3ccccc3)n2NC1c1ccc(Cl)cc1. The van der Waals surface area contributed by atoms with Gasteiger partial charge in [0.25, 0.3) is 0 Å². The van der Waals surface area contributed by atoms with E-state index < -0.39 is 0 Å². The molecular weight excluding hydrogens is 406 g/mol. The number of nitrogens with one attached hydrogen (secondary N) is 1. The van der Waals surface area contributed by atoms with Gasteiger partial charge in [0.1, 0.15) is 5.25 Å². The lowest BCUT2D eigenvalue weighted by Gasteiger charge is -2.35. The molecule has 6 nitrogen and oxygen atoms in total. The third kappa shape index (κ3) is 3.84. The van der Waals surface area contributed by atoms with Crippen LogP contribution in [0.3, 0.4) is 0 Å². The van der Waals surface area contributed by atoms with Gasteiger partial charge in [0.15, 0.2) is 5.82 Å². The van der Waals surface area contributed by atoms with Crippen molar-refractivity contribution in [2.24, 2.45) is 0 Å². The van der Waals surface area contributed by atoms with Crippen LogP contribution in [0.15, 0.2) is 59.8 Å². The molecule has 8 heteroatoms. The lowest BCUT2D eigenvalue weighted by Crippen LogP contribution is -2.46. The van der Waals surface area contributed by atoms with Crippen LogP contribution in [0.2, 0.25) is 5.02 Å². The molecule has 2 atom stereocenters. The predicted molar refractivity (Wildman–Crippen MR) is 117 cm³/mol. The van der Waals surface area contributed by atoms with E-state index in [0.717, 1.165) is 17.0 Å². The van der Waals surface area contributed by atoms with Crippen molar-refractivity contribution in [2.75, 3.05) is 18.5 Å². The highest BCUT2D eigenvalue weighted by Gasteiger charge is 2.39. The fraction of sp³-hybridized carbons (Fsp3) is 0.286. The van der Waals surface area contributed by atoms with Gasteiger partial charge in [-0.2, -0.15) is 0 Å². The van der Waals surface area contributed by atoms with E-state index in [1.165, 1.54) is 11.8 Å². The van der Waals surface area contributed by atoms with Crippen LogP contribution in [-0.4, -0.2) is 44.0 Å². The smallest absolute Gasteiger partial charge is 0.238 e. The van der Waals surface area contributed by atoms with E-state index in [1.807, 2.05) is 78.0 Å². The highest BCUT2D eigenvalue weighted by atomic mass is 35.5. The Morgan fingerprint density at radius 2 is 1.79 bits per heavy atom. The van der Waals surface area contributed by atoms with Crippen LogP contribution in [0.25, 0.3) is 11.4 Å². The Kier molecular flexibility index (Phi) is 5.78. The molecule has 1 aliphatic heterocycles. The maximum atomic E-state index is 13.3. The lowest BCUT2D eigenvalue weighted by molar-refractivity contribution is -0.130. The highest BCUT2D eigenvalue weighted by molar-refractivity contribution is 8.00. The standard InChI is InChI=1S/C21H22ClN5OS/c1-3-26(4-2)20(28)18-17(14-10-12-16(22)13-11-14)25-27-19(23-24-21(27)29-18)15-8-6-5-7-9-15/h5-13,17-18,25H,3-4H2,1-2H3. The Bertz CT molecular complexity index is 988. The molecule has 4 rings (SSSR count). The lowest BCUT2D eigenvalue weighted by atomic mass is 10.0. The van der Waals surface area contributed by atoms with Crippen LogP contribution in [0.1, 0.15) is 25.5 Å². The molecule has 0 saturated carbocycles. The van der Waals surface area contributed by atoms with Gasteiger partial charge in [0.05, 0.1) is 6.04 Å². The maximum absolute atomic E-state index is 13.3. The van der Waals surface area contributed by atoms with Gasteiger partial charge in [0, 0.05) is 23.7 Å². The molecule has 1 amide bonds. The van der Waals surface area contributed by atoms with E-state index >= 15 is 0 Å². The number of fused-ring (bicyclic) bond motifs is 1. The molecule has 3 aromatic rings. The minimum atomic E-state index is -0.351. The molecule has 0 bridgehead atoms. The largest absolute Gasteiger partial charge is 0.342 e. The minimum absolute atomic E-state index is 0.0861. The predicted octanol–water partition coefficient (Wildman–Crippen LogP) is 4.23.